The van der Waals surface area contributed by atoms with Gasteiger partial charge < -0.3 is 15.5 Å². The molecular weight excluding hydrogens is 262 g/mol. The fraction of sp³-hybridized carbons (Fsp3) is 0.588. The third-order valence-electron chi connectivity index (χ3n) is 4.11. The zero-order valence-corrected chi connectivity index (χ0v) is 13.1. The lowest BCUT2D eigenvalue weighted by Gasteiger charge is -2.36. The molecule has 1 amide bonds. The van der Waals surface area contributed by atoms with E-state index in [1.807, 2.05) is 23.1 Å². The van der Waals surface area contributed by atoms with Gasteiger partial charge in [-0.2, -0.15) is 0 Å². The molecule has 21 heavy (non-hydrogen) atoms. The van der Waals surface area contributed by atoms with E-state index in [1.165, 1.54) is 19.3 Å². The lowest BCUT2D eigenvalue weighted by atomic mass is 10.1. The number of carbonyl (C=O) groups excluding carboxylic acids is 1. The molecule has 1 heterocycles. The van der Waals surface area contributed by atoms with Crippen molar-refractivity contribution in [3.63, 3.8) is 0 Å². The number of amides is 1. The number of benzene rings is 1. The number of piperazine rings is 1. The van der Waals surface area contributed by atoms with Crippen LogP contribution in [0.2, 0.25) is 0 Å². The summed E-state index contributed by atoms with van der Waals surface area (Å²) in [5.74, 6) is 0.318. The van der Waals surface area contributed by atoms with E-state index in [9.17, 15) is 4.79 Å². The molecule has 116 valence electrons. The summed E-state index contributed by atoms with van der Waals surface area (Å²) in [7, 11) is 0. The summed E-state index contributed by atoms with van der Waals surface area (Å²) >= 11 is 0. The number of carbonyl (C=O) groups is 1. The Morgan fingerprint density at radius 1 is 1.14 bits per heavy atom. The van der Waals surface area contributed by atoms with Crippen molar-refractivity contribution in [1.82, 2.24) is 4.90 Å². The molecule has 1 aliphatic rings. The Morgan fingerprint density at radius 2 is 1.90 bits per heavy atom. The van der Waals surface area contributed by atoms with Crippen LogP contribution in [-0.2, 0) is 4.79 Å². The minimum absolute atomic E-state index is 0.318. The van der Waals surface area contributed by atoms with E-state index < -0.39 is 0 Å². The summed E-state index contributed by atoms with van der Waals surface area (Å²) in [6.45, 7) is 5.62. The number of unbranched alkanes of at least 4 members (excludes halogenated alkanes) is 3. The van der Waals surface area contributed by atoms with Gasteiger partial charge in [-0.05, 0) is 24.6 Å². The number of rotatable bonds is 6. The van der Waals surface area contributed by atoms with Crippen LogP contribution in [0.3, 0.4) is 0 Å². The Kier molecular flexibility index (Phi) is 5.90. The molecule has 0 spiro atoms. The van der Waals surface area contributed by atoms with Gasteiger partial charge in [0.1, 0.15) is 0 Å². The molecule has 4 nitrogen and oxygen atoms in total. The molecule has 1 aromatic rings. The highest BCUT2D eigenvalue weighted by Gasteiger charge is 2.20. The molecule has 0 aliphatic carbocycles. The molecule has 0 saturated carbocycles. The van der Waals surface area contributed by atoms with Crippen molar-refractivity contribution in [2.75, 3.05) is 36.8 Å². The van der Waals surface area contributed by atoms with Gasteiger partial charge in [0.05, 0.1) is 0 Å². The van der Waals surface area contributed by atoms with Crippen LogP contribution in [0.25, 0.3) is 0 Å². The average molecular weight is 289 g/mol. The molecule has 1 aliphatic heterocycles. The van der Waals surface area contributed by atoms with Crippen LogP contribution in [0.4, 0.5) is 11.4 Å². The predicted octanol–water partition coefficient (Wildman–Crippen LogP) is 2.89. The molecule has 4 heteroatoms. The summed E-state index contributed by atoms with van der Waals surface area (Å²) in [6, 6.07) is 7.97. The van der Waals surface area contributed by atoms with Crippen LogP contribution in [0.5, 0.6) is 0 Å². The van der Waals surface area contributed by atoms with Gasteiger partial charge in [-0.1, -0.05) is 32.3 Å². The van der Waals surface area contributed by atoms with Crippen LogP contribution < -0.4 is 10.6 Å². The summed E-state index contributed by atoms with van der Waals surface area (Å²) < 4.78 is 0. The molecule has 1 aromatic carbocycles. The largest absolute Gasteiger partial charge is 0.399 e. The van der Waals surface area contributed by atoms with Crippen molar-refractivity contribution in [3.05, 3.63) is 24.3 Å². The molecule has 2 N–H and O–H groups in total. The first-order chi connectivity index (χ1) is 10.2. The molecule has 0 aromatic heterocycles. The SMILES string of the molecule is CCCCCCC(=O)N1CCN(c2cccc(N)c2)CC1. The highest BCUT2D eigenvalue weighted by atomic mass is 16.2. The summed E-state index contributed by atoms with van der Waals surface area (Å²) in [4.78, 5) is 16.5. The average Bonchev–Trinajstić information content (AvgIpc) is 2.51. The Morgan fingerprint density at radius 3 is 2.57 bits per heavy atom. The van der Waals surface area contributed by atoms with Gasteiger partial charge in [-0.25, -0.2) is 0 Å². The van der Waals surface area contributed by atoms with Crippen LogP contribution in [0.15, 0.2) is 24.3 Å². The van der Waals surface area contributed by atoms with Crippen molar-refractivity contribution in [2.24, 2.45) is 0 Å². The van der Waals surface area contributed by atoms with Crippen molar-refractivity contribution < 1.29 is 4.79 Å². The van der Waals surface area contributed by atoms with Crippen LogP contribution in [-0.4, -0.2) is 37.0 Å². The van der Waals surface area contributed by atoms with Crippen LogP contribution in [0, 0.1) is 0 Å². The lowest BCUT2D eigenvalue weighted by Crippen LogP contribution is -2.48. The highest BCUT2D eigenvalue weighted by molar-refractivity contribution is 5.76. The van der Waals surface area contributed by atoms with Gasteiger partial charge >= 0.3 is 0 Å². The molecule has 0 atom stereocenters. The maximum atomic E-state index is 12.1. The lowest BCUT2D eigenvalue weighted by molar-refractivity contribution is -0.131. The molecule has 2 rings (SSSR count). The topological polar surface area (TPSA) is 49.6 Å². The van der Waals surface area contributed by atoms with E-state index in [-0.39, 0.29) is 0 Å². The van der Waals surface area contributed by atoms with E-state index >= 15 is 0 Å². The molecule has 0 bridgehead atoms. The normalized spacial score (nSPS) is 15.3. The number of nitrogens with two attached hydrogens (primary N) is 1. The van der Waals surface area contributed by atoms with Crippen molar-refractivity contribution in [2.45, 2.75) is 39.0 Å². The summed E-state index contributed by atoms with van der Waals surface area (Å²) in [5, 5.41) is 0. The van der Waals surface area contributed by atoms with Gasteiger partial charge in [0, 0.05) is 44.0 Å². The monoisotopic (exact) mass is 289 g/mol. The molecule has 1 saturated heterocycles. The van der Waals surface area contributed by atoms with E-state index in [2.05, 4.69) is 17.9 Å². The maximum Gasteiger partial charge on any atom is 0.222 e. The zero-order chi connectivity index (χ0) is 15.1. The Labute approximate surface area is 127 Å². The number of nitrogen functional groups attached to an aromatic ring is 1. The maximum absolute atomic E-state index is 12.1. The van der Waals surface area contributed by atoms with Crippen LogP contribution in [0.1, 0.15) is 39.0 Å². The fourth-order valence-corrected chi connectivity index (χ4v) is 2.80. The molecule has 0 radical (unpaired) electrons. The zero-order valence-electron chi connectivity index (χ0n) is 13.1. The third kappa shape index (κ3) is 4.66. The number of nitrogens with zero attached hydrogens (tertiary/aromatic N) is 2. The second-order valence-corrected chi connectivity index (χ2v) is 5.77. The first-order valence-electron chi connectivity index (χ1n) is 8.09. The summed E-state index contributed by atoms with van der Waals surface area (Å²) in [5.41, 5.74) is 7.78. The minimum atomic E-state index is 0.318. The van der Waals surface area contributed by atoms with Crippen molar-refractivity contribution >= 4 is 17.3 Å². The van der Waals surface area contributed by atoms with Gasteiger partial charge in [0.25, 0.3) is 0 Å². The molecule has 0 unspecified atom stereocenters. The van der Waals surface area contributed by atoms with Crippen molar-refractivity contribution in [3.8, 4) is 0 Å². The first-order valence-corrected chi connectivity index (χ1v) is 8.09. The number of hydrogen-bond donors (Lipinski definition) is 1. The number of anilines is 2. The Hall–Kier alpha value is -1.71. The quantitative estimate of drug-likeness (QED) is 0.647. The van der Waals surface area contributed by atoms with Gasteiger partial charge in [0.15, 0.2) is 0 Å². The Balaban J connectivity index is 1.76. The molecule has 1 fully saturated rings. The standard InChI is InChI=1S/C17H27N3O/c1-2-3-4-5-9-17(21)20-12-10-19(11-13-20)16-8-6-7-15(18)14-16/h6-8,14H,2-5,9-13,18H2,1H3. The van der Waals surface area contributed by atoms with E-state index in [1.54, 1.807) is 0 Å². The first kappa shape index (κ1) is 15.7. The van der Waals surface area contributed by atoms with E-state index in [4.69, 9.17) is 5.73 Å². The summed E-state index contributed by atoms with van der Waals surface area (Å²) in [6.07, 6.45) is 5.36. The molecular formula is C17H27N3O. The minimum Gasteiger partial charge on any atom is -0.399 e. The highest BCUT2D eigenvalue weighted by Crippen LogP contribution is 2.19. The van der Waals surface area contributed by atoms with E-state index in [0.717, 1.165) is 44.0 Å². The van der Waals surface area contributed by atoms with E-state index in [0.29, 0.717) is 12.3 Å². The smallest absolute Gasteiger partial charge is 0.222 e. The Bertz CT molecular complexity index is 453. The van der Waals surface area contributed by atoms with Gasteiger partial charge in [0.2, 0.25) is 5.91 Å². The van der Waals surface area contributed by atoms with Crippen LogP contribution >= 0.6 is 0 Å². The second-order valence-electron chi connectivity index (χ2n) is 5.77. The van der Waals surface area contributed by atoms with Gasteiger partial charge in [-0.15, -0.1) is 0 Å². The second kappa shape index (κ2) is 7.91. The van der Waals surface area contributed by atoms with Gasteiger partial charge in [-0.3, -0.25) is 4.79 Å². The number of hydrogen-bond acceptors (Lipinski definition) is 3. The predicted molar refractivity (Wildman–Crippen MR) is 88.4 cm³/mol. The third-order valence-corrected chi connectivity index (χ3v) is 4.11. The van der Waals surface area contributed by atoms with Crippen molar-refractivity contribution in [1.29, 1.82) is 0 Å². The fourth-order valence-electron chi connectivity index (χ4n) is 2.80.